The van der Waals surface area contributed by atoms with E-state index in [1.807, 2.05) is 43.3 Å². The average molecular weight is 434 g/mol. The number of nitrogens with one attached hydrogen (secondary N) is 2. The van der Waals surface area contributed by atoms with Gasteiger partial charge >= 0.3 is 0 Å². The Balaban J connectivity index is 1.51. The van der Waals surface area contributed by atoms with Crippen LogP contribution in [0.25, 0.3) is 15.9 Å². The zero-order valence-corrected chi connectivity index (χ0v) is 17.6. The van der Waals surface area contributed by atoms with E-state index in [9.17, 15) is 13.2 Å². The maximum atomic E-state index is 12.6. The molecule has 4 rings (SSSR count). The SMILES string of the molecule is Cc1cn(-c2ccccc2)c2sc(C(=O)NC(=S)NC3CCS(=O)(=O)C3)cc12. The lowest BCUT2D eigenvalue weighted by Crippen LogP contribution is -2.44. The van der Waals surface area contributed by atoms with E-state index in [1.165, 1.54) is 11.3 Å². The van der Waals surface area contributed by atoms with Crippen LogP contribution >= 0.6 is 23.6 Å². The second-order valence-corrected chi connectivity index (χ2v) is 10.5. The second-order valence-electron chi connectivity index (χ2n) is 6.87. The molecule has 0 bridgehead atoms. The van der Waals surface area contributed by atoms with Crippen molar-refractivity contribution in [3.05, 3.63) is 53.0 Å². The van der Waals surface area contributed by atoms with E-state index in [0.29, 0.717) is 11.3 Å². The van der Waals surface area contributed by atoms with Gasteiger partial charge in [-0.3, -0.25) is 10.1 Å². The first-order chi connectivity index (χ1) is 13.3. The van der Waals surface area contributed by atoms with Gasteiger partial charge in [0.2, 0.25) is 0 Å². The molecule has 2 aromatic heterocycles. The molecular weight excluding hydrogens is 414 g/mol. The molecule has 1 aliphatic rings. The summed E-state index contributed by atoms with van der Waals surface area (Å²) in [4.78, 5) is 14.2. The summed E-state index contributed by atoms with van der Waals surface area (Å²) in [7, 11) is -3.00. The number of rotatable bonds is 3. The molecule has 1 aromatic carbocycles. The van der Waals surface area contributed by atoms with Crippen LogP contribution < -0.4 is 10.6 Å². The zero-order valence-electron chi connectivity index (χ0n) is 15.1. The Kier molecular flexibility index (Phi) is 4.98. The van der Waals surface area contributed by atoms with Gasteiger partial charge in [0.05, 0.1) is 16.4 Å². The monoisotopic (exact) mass is 433 g/mol. The van der Waals surface area contributed by atoms with Gasteiger partial charge in [-0.05, 0) is 49.3 Å². The smallest absolute Gasteiger partial charge is 0.267 e. The molecular formula is C19H19N3O3S3. The van der Waals surface area contributed by atoms with Crippen LogP contribution in [0.3, 0.4) is 0 Å². The van der Waals surface area contributed by atoms with Crippen LogP contribution in [0.1, 0.15) is 21.7 Å². The number of para-hydroxylation sites is 1. The van der Waals surface area contributed by atoms with Crippen molar-refractivity contribution >= 4 is 54.6 Å². The summed E-state index contributed by atoms with van der Waals surface area (Å²) < 4.78 is 25.2. The molecule has 0 saturated carbocycles. The topological polar surface area (TPSA) is 80.2 Å². The maximum Gasteiger partial charge on any atom is 0.267 e. The quantitative estimate of drug-likeness (QED) is 0.621. The van der Waals surface area contributed by atoms with E-state index in [-0.39, 0.29) is 28.6 Å². The molecule has 3 heterocycles. The van der Waals surface area contributed by atoms with E-state index in [4.69, 9.17) is 12.2 Å². The van der Waals surface area contributed by atoms with Gasteiger partial charge in [-0.2, -0.15) is 0 Å². The summed E-state index contributed by atoms with van der Waals surface area (Å²) in [5.74, 6) is -0.0925. The Labute approximate surface area is 172 Å². The Bertz CT molecular complexity index is 1160. The molecule has 0 radical (unpaired) electrons. The van der Waals surface area contributed by atoms with Crippen molar-refractivity contribution in [1.82, 2.24) is 15.2 Å². The largest absolute Gasteiger partial charge is 0.359 e. The number of amides is 1. The first kappa shape index (κ1) is 19.1. The third-order valence-electron chi connectivity index (χ3n) is 4.73. The fraction of sp³-hybridized carbons (Fsp3) is 0.263. The first-order valence-corrected chi connectivity index (χ1v) is 11.9. The highest BCUT2D eigenvalue weighted by molar-refractivity contribution is 7.91. The lowest BCUT2D eigenvalue weighted by atomic mass is 10.2. The molecule has 3 aromatic rings. The van der Waals surface area contributed by atoms with E-state index in [0.717, 1.165) is 21.5 Å². The molecule has 28 heavy (non-hydrogen) atoms. The average Bonchev–Trinajstić information content (AvgIpc) is 3.30. The van der Waals surface area contributed by atoms with Gasteiger partial charge in [0, 0.05) is 23.3 Å². The summed E-state index contributed by atoms with van der Waals surface area (Å²) in [6.07, 6.45) is 2.56. The van der Waals surface area contributed by atoms with Crippen LogP contribution in [0.2, 0.25) is 0 Å². The predicted molar refractivity (Wildman–Crippen MR) is 116 cm³/mol. The highest BCUT2D eigenvalue weighted by Gasteiger charge is 2.28. The van der Waals surface area contributed by atoms with Crippen molar-refractivity contribution < 1.29 is 13.2 Å². The summed E-state index contributed by atoms with van der Waals surface area (Å²) >= 11 is 6.59. The molecule has 6 nitrogen and oxygen atoms in total. The Morgan fingerprint density at radius 1 is 1.29 bits per heavy atom. The van der Waals surface area contributed by atoms with Crippen LogP contribution in [0.4, 0.5) is 0 Å². The van der Waals surface area contributed by atoms with Gasteiger partial charge in [0.25, 0.3) is 5.91 Å². The number of hydrogen-bond donors (Lipinski definition) is 2. The number of aryl methyl sites for hydroxylation is 1. The van der Waals surface area contributed by atoms with E-state index in [2.05, 4.69) is 21.4 Å². The number of thiocarbonyl (C=S) groups is 1. The molecule has 1 unspecified atom stereocenters. The number of hydrogen-bond acceptors (Lipinski definition) is 5. The molecule has 1 atom stereocenters. The van der Waals surface area contributed by atoms with E-state index < -0.39 is 9.84 Å². The number of thiophene rings is 1. The van der Waals surface area contributed by atoms with Crippen LogP contribution in [0.5, 0.6) is 0 Å². The van der Waals surface area contributed by atoms with Crippen LogP contribution in [-0.2, 0) is 9.84 Å². The van der Waals surface area contributed by atoms with Gasteiger partial charge in [-0.25, -0.2) is 8.42 Å². The van der Waals surface area contributed by atoms with E-state index >= 15 is 0 Å². The normalized spacial score (nSPS) is 18.2. The summed E-state index contributed by atoms with van der Waals surface area (Å²) in [5.41, 5.74) is 2.13. The van der Waals surface area contributed by atoms with Gasteiger partial charge in [-0.15, -0.1) is 11.3 Å². The van der Waals surface area contributed by atoms with Crippen molar-refractivity contribution in [2.75, 3.05) is 11.5 Å². The van der Waals surface area contributed by atoms with Gasteiger partial charge < -0.3 is 9.88 Å². The number of aromatic nitrogens is 1. The minimum Gasteiger partial charge on any atom is -0.359 e. The number of sulfone groups is 1. The predicted octanol–water partition coefficient (Wildman–Crippen LogP) is 2.79. The van der Waals surface area contributed by atoms with Crippen molar-refractivity contribution in [3.63, 3.8) is 0 Å². The van der Waals surface area contributed by atoms with Crippen molar-refractivity contribution in [3.8, 4) is 5.69 Å². The second kappa shape index (κ2) is 7.31. The molecule has 2 N–H and O–H groups in total. The maximum absolute atomic E-state index is 12.6. The third kappa shape index (κ3) is 3.82. The van der Waals surface area contributed by atoms with Crippen molar-refractivity contribution in [2.45, 2.75) is 19.4 Å². The molecule has 1 saturated heterocycles. The number of benzene rings is 1. The van der Waals surface area contributed by atoms with Gasteiger partial charge in [0.1, 0.15) is 4.83 Å². The standard InChI is InChI=1S/C19H19N3O3S3/c1-12-10-22(14-5-3-2-4-6-14)18-15(12)9-16(27-18)17(23)21-19(26)20-13-7-8-28(24,25)11-13/h2-6,9-10,13H,7-8,11H2,1H3,(H2,20,21,23,26). The number of carbonyl (C=O) groups is 1. The van der Waals surface area contributed by atoms with E-state index in [1.54, 1.807) is 0 Å². The number of nitrogens with zero attached hydrogens (tertiary/aromatic N) is 1. The zero-order chi connectivity index (χ0) is 19.9. The lowest BCUT2D eigenvalue weighted by Gasteiger charge is -2.13. The minimum absolute atomic E-state index is 0.0480. The fourth-order valence-corrected chi connectivity index (χ4v) is 6.40. The number of fused-ring (bicyclic) bond motifs is 1. The Morgan fingerprint density at radius 3 is 2.71 bits per heavy atom. The highest BCUT2D eigenvalue weighted by atomic mass is 32.2. The molecule has 0 aliphatic carbocycles. The highest BCUT2D eigenvalue weighted by Crippen LogP contribution is 2.32. The molecule has 1 aliphatic heterocycles. The lowest BCUT2D eigenvalue weighted by molar-refractivity contribution is 0.0980. The van der Waals surface area contributed by atoms with Gasteiger partial charge in [0.15, 0.2) is 14.9 Å². The summed E-state index contributed by atoms with van der Waals surface area (Å²) in [6.45, 7) is 2.02. The summed E-state index contributed by atoms with van der Waals surface area (Å²) in [6, 6.07) is 11.6. The molecule has 1 amide bonds. The Hall–Kier alpha value is -2.23. The third-order valence-corrected chi connectivity index (χ3v) is 7.85. The van der Waals surface area contributed by atoms with Gasteiger partial charge in [-0.1, -0.05) is 18.2 Å². The van der Waals surface area contributed by atoms with Crippen molar-refractivity contribution in [2.24, 2.45) is 0 Å². The molecule has 1 fully saturated rings. The van der Waals surface area contributed by atoms with Crippen LogP contribution in [0.15, 0.2) is 42.6 Å². The van der Waals surface area contributed by atoms with Crippen LogP contribution in [0, 0.1) is 6.92 Å². The van der Waals surface area contributed by atoms with Crippen molar-refractivity contribution in [1.29, 1.82) is 0 Å². The molecule has 146 valence electrons. The molecule has 9 heteroatoms. The first-order valence-electron chi connectivity index (χ1n) is 8.81. The fourth-order valence-electron chi connectivity index (χ4n) is 3.35. The summed E-state index contributed by atoms with van der Waals surface area (Å²) in [5, 5.41) is 6.79. The van der Waals surface area contributed by atoms with Crippen LogP contribution in [-0.4, -0.2) is 41.6 Å². The number of carbonyl (C=O) groups excluding carboxylic acids is 1. The molecule has 0 spiro atoms. The Morgan fingerprint density at radius 2 is 2.04 bits per heavy atom. The minimum atomic E-state index is -3.00.